The number of phenols is 4. The third kappa shape index (κ3) is 31.0. The molecule has 36 nitrogen and oxygen atoms in total. The average Bonchev–Trinajstić information content (AvgIpc) is 0.770. The fourth-order valence-electron chi connectivity index (χ4n) is 8.40. The summed E-state index contributed by atoms with van der Waals surface area (Å²) in [6.07, 6.45) is 0. The van der Waals surface area contributed by atoms with E-state index in [4.69, 9.17) is 61.3 Å². The molecular formula is C56H86Cu2N8O28S4+4. The number of phenolic OH excluding ortho intramolecular Hbond substituents is 4. The zero-order valence-corrected chi connectivity index (χ0v) is 57.2. The molecule has 0 saturated carbocycles. The van der Waals surface area contributed by atoms with Gasteiger partial charge in [-0.25, -0.2) is 0 Å². The van der Waals surface area contributed by atoms with Crippen molar-refractivity contribution < 1.29 is 173 Å². The molecule has 0 fully saturated rings. The van der Waals surface area contributed by atoms with Gasteiger partial charge >= 0.3 is 5.71 Å². The number of aliphatic hydroxyl groups excluding tert-OH is 12. The second-order valence-corrected chi connectivity index (χ2v) is 25.3. The first-order valence-electron chi connectivity index (χ1n) is 28.5. The van der Waals surface area contributed by atoms with Crippen molar-refractivity contribution in [2.45, 2.75) is 19.6 Å². The molecule has 560 valence electrons. The van der Waals surface area contributed by atoms with E-state index in [1.807, 2.05) is 0 Å². The first-order valence-corrected chi connectivity index (χ1v) is 34.3. The summed E-state index contributed by atoms with van der Waals surface area (Å²) in [5.74, 6) is -3.16. The number of benzene rings is 6. The maximum absolute atomic E-state index is 11.9. The van der Waals surface area contributed by atoms with Gasteiger partial charge in [0.25, 0.3) is 40.5 Å². The van der Waals surface area contributed by atoms with Gasteiger partial charge in [0.15, 0.2) is 11.5 Å². The Hall–Kier alpha value is -5.72. The van der Waals surface area contributed by atoms with Crippen molar-refractivity contribution in [2.75, 3.05) is 158 Å². The number of nitrogens with zero attached hydrogens (tertiary/aromatic N) is 8. The van der Waals surface area contributed by atoms with E-state index in [0.717, 1.165) is 48.5 Å². The van der Waals surface area contributed by atoms with E-state index < -0.39 is 94.4 Å². The third-order valence-electron chi connectivity index (χ3n) is 13.0. The van der Waals surface area contributed by atoms with Crippen molar-refractivity contribution in [1.29, 1.82) is 0 Å². The van der Waals surface area contributed by atoms with Gasteiger partial charge in [-0.05, 0) is 82.6 Å². The molecule has 0 spiro atoms. The Bertz CT molecular complexity index is 3610. The Morgan fingerprint density at radius 3 is 0.735 bits per heavy atom. The van der Waals surface area contributed by atoms with Crippen LogP contribution in [-0.4, -0.2) is 311 Å². The van der Waals surface area contributed by atoms with Crippen LogP contribution in [0.4, 0.5) is 22.7 Å². The van der Waals surface area contributed by atoms with Crippen LogP contribution >= 0.6 is 0 Å². The summed E-state index contributed by atoms with van der Waals surface area (Å²) < 4.78 is 132. The van der Waals surface area contributed by atoms with E-state index >= 15 is 0 Å². The van der Waals surface area contributed by atoms with E-state index in [9.17, 15) is 72.3 Å². The van der Waals surface area contributed by atoms with Gasteiger partial charge in [-0.2, -0.15) is 33.7 Å². The monoisotopic (exact) mass is 1570 g/mol. The van der Waals surface area contributed by atoms with Crippen LogP contribution in [0.5, 0.6) is 23.0 Å². The summed E-state index contributed by atoms with van der Waals surface area (Å²) in [6.45, 7) is 7.01. The maximum atomic E-state index is 11.9. The van der Waals surface area contributed by atoms with Crippen molar-refractivity contribution in [3.8, 4) is 34.1 Å². The number of fused-ring (bicyclic) bond motifs is 2. The number of aliphatic hydroxyl groups is 12. The smallest absolute Gasteiger partial charge is 0.506 e. The predicted molar refractivity (Wildman–Crippen MR) is 349 cm³/mol. The molecule has 6 aromatic carbocycles. The van der Waals surface area contributed by atoms with Gasteiger partial charge < -0.3 is 81.7 Å². The molecule has 0 aliphatic carbocycles. The molecule has 0 heterocycles. The van der Waals surface area contributed by atoms with E-state index in [1.165, 1.54) is 36.4 Å². The van der Waals surface area contributed by atoms with Crippen LogP contribution in [-0.2, 0) is 74.6 Å². The quantitative estimate of drug-likeness (QED) is 0.0144. The molecule has 0 unspecified atom stereocenters. The van der Waals surface area contributed by atoms with Crippen LogP contribution in [0, 0.1) is 0 Å². The minimum Gasteiger partial charge on any atom is -0.506 e. The minimum absolute atomic E-state index is 0. The van der Waals surface area contributed by atoms with Gasteiger partial charge in [0.1, 0.15) is 44.0 Å². The third-order valence-corrected chi connectivity index (χ3v) is 16.4. The zero-order chi connectivity index (χ0) is 72.4. The second kappa shape index (κ2) is 46.7. The van der Waals surface area contributed by atoms with E-state index in [-0.39, 0.29) is 163 Å². The summed E-state index contributed by atoms with van der Waals surface area (Å²) in [6, 6.07) is 14.9. The molecule has 6 aromatic rings. The summed E-state index contributed by atoms with van der Waals surface area (Å²) in [5.41, 5.74) is -1.01. The number of hydrogen-bond acceptors (Lipinski definition) is 32. The molecular weight excluding hydrogens is 1490 g/mol. The average molecular weight is 1570 g/mol. The van der Waals surface area contributed by atoms with Crippen LogP contribution in [0.3, 0.4) is 0 Å². The molecule has 0 aliphatic rings. The molecule has 42 heteroatoms. The summed E-state index contributed by atoms with van der Waals surface area (Å²) in [7, 11) is -19.6. The van der Waals surface area contributed by atoms with Crippen molar-refractivity contribution in [1.82, 2.24) is 19.6 Å². The molecule has 20 N–H and O–H groups in total. The zero-order valence-electron chi connectivity index (χ0n) is 56.1. The molecule has 0 amide bonds. The largest absolute Gasteiger partial charge is 1.00 e. The van der Waals surface area contributed by atoms with Gasteiger partial charge in [0.05, 0.1) is 89.1 Å². The van der Waals surface area contributed by atoms with Crippen LogP contribution in [0.25, 0.3) is 32.7 Å². The number of rotatable bonds is 33. The molecule has 2 radical (unpaired) electrons. The molecule has 0 atom stereocenters. The number of hydrogen-bond donors (Lipinski definition) is 20. The fraction of sp³-hybridized carbons (Fsp3) is 0.429. The molecule has 98 heavy (non-hydrogen) atoms. The van der Waals surface area contributed by atoms with Crippen molar-refractivity contribution in [2.24, 2.45) is 20.5 Å². The maximum Gasteiger partial charge on any atom is 1.00 e. The summed E-state index contributed by atoms with van der Waals surface area (Å²) >= 11 is 0. The Labute approximate surface area is 591 Å². The van der Waals surface area contributed by atoms with Crippen molar-refractivity contribution >= 4 is 84.8 Å². The van der Waals surface area contributed by atoms with Gasteiger partial charge in [0, 0.05) is 123 Å². The SMILES string of the molecule is O=S(=O)(O)c1ccc2c(N=Nc3ccc(-c4ccc(N=Nc5c(O)c(S(=O)(=O)O)cc6cc(S(=O)(=O)O)ccc56)c(O)c4)cc3O)c(O)c(S(=O)(=O)O)cc2c1.OCCN(CCO)CCO.OCCN(CCO)CCO.OCCN(CCO)CCO.OCCN(CCO)CCO.[Cu].[Cu].[H+].[H+].[H+].[H+]. The van der Waals surface area contributed by atoms with Gasteiger partial charge in [-0.1, -0.05) is 24.3 Å². The summed E-state index contributed by atoms with van der Waals surface area (Å²) in [4.78, 5) is 3.79. The molecule has 6 rings (SSSR count). The van der Waals surface area contributed by atoms with Gasteiger partial charge in [-0.3, -0.25) is 37.8 Å². The standard InChI is InChI=1S/C32H22N4O16S4.4C6H15NO3.2Cu/c37-25-11-15(1-7-23(25)33-35-29-21-5-3-19(53(41,42)43)9-17(21)13-27(31(29)39)55(47,48)49)16-2-8-24(26(38)12-16)34-36-30-22-6-4-20(54(44,45)46)10-18(22)14-28(32(30)40)56(50,51)52;4*8-4-1-7(2-5-9)3-6-10;;/h1-14,37-40H,(H,41,42,43)(H,44,45,46)(H,47,48,49)(H,50,51,52);4*8-10H,1-6H2;;/p+4. The molecule has 0 aliphatic heterocycles. The Morgan fingerprint density at radius 1 is 0.306 bits per heavy atom. The van der Waals surface area contributed by atoms with E-state index in [2.05, 4.69) is 20.5 Å². The van der Waals surface area contributed by atoms with Crippen LogP contribution in [0.15, 0.2) is 125 Å². The fourth-order valence-corrected chi connectivity index (χ4v) is 10.7. The van der Waals surface area contributed by atoms with E-state index in [1.54, 1.807) is 19.6 Å². The minimum atomic E-state index is -5.09. The van der Waals surface area contributed by atoms with Crippen molar-refractivity contribution in [3.05, 3.63) is 84.9 Å². The van der Waals surface area contributed by atoms with Crippen LogP contribution in [0.1, 0.15) is 5.71 Å². The predicted octanol–water partition coefficient (Wildman–Crippen LogP) is -0.194. The summed E-state index contributed by atoms with van der Waals surface area (Å²) in [5, 5.41) is 159. The first kappa shape index (κ1) is 92.3. The van der Waals surface area contributed by atoms with E-state index in [0.29, 0.717) is 78.5 Å². The number of aromatic hydroxyl groups is 4. The van der Waals surface area contributed by atoms with Crippen molar-refractivity contribution in [3.63, 3.8) is 0 Å². The number of azo groups is 2. The van der Waals surface area contributed by atoms with Gasteiger partial charge in [-0.15, -0.1) is 20.5 Å². The molecule has 0 saturated heterocycles. The van der Waals surface area contributed by atoms with Crippen LogP contribution < -0.4 is 0 Å². The van der Waals surface area contributed by atoms with Crippen LogP contribution in [0.2, 0.25) is 0 Å². The normalized spacial score (nSPS) is 11.8. The van der Waals surface area contributed by atoms with Gasteiger partial charge in [0.2, 0.25) is 0 Å². The Morgan fingerprint density at radius 2 is 0.541 bits per heavy atom. The molecule has 0 bridgehead atoms. The first-order chi connectivity index (χ1) is 45.3. The topological polar surface area (TPSA) is 604 Å². The second-order valence-electron chi connectivity index (χ2n) is 19.7. The Kier molecular flexibility index (Phi) is 43.9. The Balaban J connectivity index is -0.000000555. The molecule has 0 aromatic heterocycles.